The van der Waals surface area contributed by atoms with E-state index in [1.54, 1.807) is 0 Å². The molecule has 0 aromatic heterocycles. The summed E-state index contributed by atoms with van der Waals surface area (Å²) in [6.07, 6.45) is 0.280. The Morgan fingerprint density at radius 2 is 1.57 bits per heavy atom. The number of carbonyl (C=O) groups excluding carboxylic acids is 2. The van der Waals surface area contributed by atoms with E-state index >= 15 is 0 Å². The lowest BCUT2D eigenvalue weighted by Gasteiger charge is -2.32. The summed E-state index contributed by atoms with van der Waals surface area (Å²) >= 11 is 9.31. The summed E-state index contributed by atoms with van der Waals surface area (Å²) in [6.45, 7) is 1.90. The first kappa shape index (κ1) is 28.8. The van der Waals surface area contributed by atoms with E-state index in [9.17, 15) is 18.0 Å². The molecule has 0 aliphatic carbocycles. The average Bonchev–Trinajstić information content (AvgIpc) is 2.88. The number of amides is 2. The molecule has 0 aliphatic rings. The molecule has 10 heteroatoms. The summed E-state index contributed by atoms with van der Waals surface area (Å²) in [5.74, 6) is -0.796. The van der Waals surface area contributed by atoms with Crippen LogP contribution in [0.4, 0.5) is 0 Å². The van der Waals surface area contributed by atoms with Crippen LogP contribution < -0.4 is 5.32 Å². The fraction of sp³-hybridized carbons (Fsp3) is 0.259. The van der Waals surface area contributed by atoms with Crippen LogP contribution in [0.15, 0.2) is 88.2 Å². The standard InChI is InChI=1S/C27H29BrClN3O4S/c1-3-30-27(34)25(17-20-7-5-4-6-8-20)32(18-21-9-11-22(28)12-10-21)26(33)19-31(2)37(35,36)24-15-13-23(29)14-16-24/h4-16,25H,3,17-19H2,1-2H3,(H,30,34)/t25-/m0/s1. The Morgan fingerprint density at radius 1 is 0.946 bits per heavy atom. The lowest BCUT2D eigenvalue weighted by molar-refractivity contribution is -0.141. The molecule has 1 N–H and O–H groups in total. The summed E-state index contributed by atoms with van der Waals surface area (Å²) in [5, 5.41) is 3.23. The van der Waals surface area contributed by atoms with Crippen LogP contribution in [0, 0.1) is 0 Å². The van der Waals surface area contributed by atoms with Gasteiger partial charge < -0.3 is 10.2 Å². The first-order valence-corrected chi connectivity index (χ1v) is 14.3. The Balaban J connectivity index is 1.94. The minimum Gasteiger partial charge on any atom is -0.355 e. The van der Waals surface area contributed by atoms with E-state index in [0.29, 0.717) is 11.6 Å². The maximum atomic E-state index is 13.7. The lowest BCUT2D eigenvalue weighted by atomic mass is 10.0. The van der Waals surface area contributed by atoms with Gasteiger partial charge in [-0.1, -0.05) is 70.0 Å². The predicted molar refractivity (Wildman–Crippen MR) is 149 cm³/mol. The van der Waals surface area contributed by atoms with E-state index in [1.165, 1.54) is 36.2 Å². The molecule has 196 valence electrons. The van der Waals surface area contributed by atoms with Gasteiger partial charge in [0.25, 0.3) is 0 Å². The number of nitrogens with zero attached hydrogens (tertiary/aromatic N) is 2. The highest BCUT2D eigenvalue weighted by atomic mass is 79.9. The number of likely N-dealkylation sites (N-methyl/N-ethyl adjacent to an activating group) is 2. The van der Waals surface area contributed by atoms with Crippen molar-refractivity contribution in [1.29, 1.82) is 0 Å². The average molecular weight is 607 g/mol. The van der Waals surface area contributed by atoms with Crippen LogP contribution in [0.2, 0.25) is 5.02 Å². The van der Waals surface area contributed by atoms with Crippen molar-refractivity contribution in [2.24, 2.45) is 0 Å². The third-order valence-electron chi connectivity index (χ3n) is 5.77. The summed E-state index contributed by atoms with van der Waals surface area (Å²) in [4.78, 5) is 28.4. The number of nitrogens with one attached hydrogen (secondary N) is 1. The normalized spacial score (nSPS) is 12.2. The SMILES string of the molecule is CCNC(=O)[C@H](Cc1ccccc1)N(Cc1ccc(Br)cc1)C(=O)CN(C)S(=O)(=O)c1ccc(Cl)cc1. The summed E-state index contributed by atoms with van der Waals surface area (Å²) in [5.41, 5.74) is 1.69. The lowest BCUT2D eigenvalue weighted by Crippen LogP contribution is -2.53. The smallest absolute Gasteiger partial charge is 0.243 e. The summed E-state index contributed by atoms with van der Waals surface area (Å²) in [7, 11) is -2.61. The first-order valence-electron chi connectivity index (χ1n) is 11.7. The van der Waals surface area contributed by atoms with Crippen LogP contribution in [-0.2, 0) is 32.6 Å². The van der Waals surface area contributed by atoms with Gasteiger partial charge in [-0.15, -0.1) is 0 Å². The maximum Gasteiger partial charge on any atom is 0.243 e. The van der Waals surface area contributed by atoms with Crippen molar-refractivity contribution in [3.63, 3.8) is 0 Å². The van der Waals surface area contributed by atoms with Gasteiger partial charge in [0.1, 0.15) is 6.04 Å². The highest BCUT2D eigenvalue weighted by Gasteiger charge is 2.32. The van der Waals surface area contributed by atoms with E-state index in [1.807, 2.05) is 61.5 Å². The van der Waals surface area contributed by atoms with Gasteiger partial charge in [-0.25, -0.2) is 8.42 Å². The van der Waals surface area contributed by atoms with Crippen molar-refractivity contribution in [3.8, 4) is 0 Å². The molecule has 1 atom stereocenters. The molecule has 0 unspecified atom stereocenters. The van der Waals surface area contributed by atoms with E-state index in [2.05, 4.69) is 21.2 Å². The monoisotopic (exact) mass is 605 g/mol. The van der Waals surface area contributed by atoms with Gasteiger partial charge in [-0.3, -0.25) is 9.59 Å². The van der Waals surface area contributed by atoms with Gasteiger partial charge in [0.2, 0.25) is 21.8 Å². The molecule has 0 spiro atoms. The zero-order valence-electron chi connectivity index (χ0n) is 20.6. The van der Waals surface area contributed by atoms with Crippen LogP contribution in [0.25, 0.3) is 0 Å². The Bertz CT molecular complexity index is 1300. The molecule has 3 aromatic rings. The van der Waals surface area contributed by atoms with E-state index in [4.69, 9.17) is 11.6 Å². The predicted octanol–water partition coefficient (Wildman–Crippen LogP) is 4.50. The minimum atomic E-state index is -3.96. The molecular formula is C27H29BrClN3O4S. The molecule has 7 nitrogen and oxygen atoms in total. The minimum absolute atomic E-state index is 0.0243. The fourth-order valence-corrected chi connectivity index (χ4v) is 5.30. The number of hydrogen-bond donors (Lipinski definition) is 1. The molecule has 0 heterocycles. The molecule has 0 saturated heterocycles. The van der Waals surface area contributed by atoms with Crippen molar-refractivity contribution in [2.45, 2.75) is 30.8 Å². The zero-order chi connectivity index (χ0) is 27.0. The van der Waals surface area contributed by atoms with Crippen LogP contribution in [-0.4, -0.2) is 55.6 Å². The van der Waals surface area contributed by atoms with Crippen molar-refractivity contribution in [1.82, 2.24) is 14.5 Å². The molecule has 3 rings (SSSR count). The molecular weight excluding hydrogens is 578 g/mol. The van der Waals surface area contributed by atoms with Gasteiger partial charge in [0, 0.05) is 36.1 Å². The molecule has 0 aliphatic heterocycles. The number of rotatable bonds is 11. The number of sulfonamides is 1. The third-order valence-corrected chi connectivity index (χ3v) is 8.37. The van der Waals surface area contributed by atoms with E-state index < -0.39 is 28.5 Å². The van der Waals surface area contributed by atoms with Crippen LogP contribution in [0.1, 0.15) is 18.1 Å². The topological polar surface area (TPSA) is 86.8 Å². The molecule has 37 heavy (non-hydrogen) atoms. The second-order valence-electron chi connectivity index (χ2n) is 8.46. The Kier molecular flexibility index (Phi) is 10.3. The largest absolute Gasteiger partial charge is 0.355 e. The van der Waals surface area contributed by atoms with Crippen LogP contribution >= 0.6 is 27.5 Å². The molecule has 0 bridgehead atoms. The Hall–Kier alpha value is -2.72. The molecule has 0 radical (unpaired) electrons. The second kappa shape index (κ2) is 13.2. The number of hydrogen-bond acceptors (Lipinski definition) is 4. The molecule has 2 amide bonds. The number of carbonyl (C=O) groups is 2. The molecule has 3 aromatic carbocycles. The van der Waals surface area contributed by atoms with Crippen molar-refractivity contribution in [2.75, 3.05) is 20.1 Å². The van der Waals surface area contributed by atoms with Gasteiger partial charge in [0.05, 0.1) is 11.4 Å². The zero-order valence-corrected chi connectivity index (χ0v) is 23.8. The van der Waals surface area contributed by atoms with Crippen molar-refractivity contribution in [3.05, 3.63) is 99.5 Å². The van der Waals surface area contributed by atoms with Crippen molar-refractivity contribution < 1.29 is 18.0 Å². The maximum absolute atomic E-state index is 13.7. The second-order valence-corrected chi connectivity index (χ2v) is 11.9. The van der Waals surface area contributed by atoms with Crippen LogP contribution in [0.3, 0.4) is 0 Å². The summed E-state index contributed by atoms with van der Waals surface area (Å²) in [6, 6.07) is 21.7. The van der Waals surface area contributed by atoms with Gasteiger partial charge in [-0.05, 0) is 54.4 Å². The van der Waals surface area contributed by atoms with E-state index in [0.717, 1.165) is 19.9 Å². The summed E-state index contributed by atoms with van der Waals surface area (Å²) < 4.78 is 28.1. The Labute approximate surface area is 231 Å². The first-order chi connectivity index (χ1) is 17.6. The highest BCUT2D eigenvalue weighted by molar-refractivity contribution is 9.10. The third kappa shape index (κ3) is 7.88. The highest BCUT2D eigenvalue weighted by Crippen LogP contribution is 2.20. The number of halogens is 2. The van der Waals surface area contributed by atoms with Crippen molar-refractivity contribution >= 4 is 49.4 Å². The van der Waals surface area contributed by atoms with Crippen LogP contribution in [0.5, 0.6) is 0 Å². The quantitative estimate of drug-likeness (QED) is 0.348. The molecule has 0 fully saturated rings. The van der Waals surface area contributed by atoms with E-state index in [-0.39, 0.29) is 23.8 Å². The Morgan fingerprint density at radius 3 is 2.16 bits per heavy atom. The van der Waals surface area contributed by atoms with Gasteiger partial charge in [0.15, 0.2) is 0 Å². The van der Waals surface area contributed by atoms with Gasteiger partial charge >= 0.3 is 0 Å². The fourth-order valence-electron chi connectivity index (χ4n) is 3.79. The molecule has 0 saturated carbocycles. The number of benzene rings is 3. The van der Waals surface area contributed by atoms with Gasteiger partial charge in [-0.2, -0.15) is 4.31 Å².